The molecule has 1 aromatic heterocycles. The van der Waals surface area contributed by atoms with Gasteiger partial charge in [0.2, 0.25) is 5.91 Å². The Hall–Kier alpha value is -2.71. The van der Waals surface area contributed by atoms with E-state index in [9.17, 15) is 14.4 Å². The molecule has 0 spiro atoms. The van der Waals surface area contributed by atoms with Crippen LogP contribution in [0.1, 0.15) is 57.7 Å². The number of imide groups is 1. The number of rotatable bonds is 8. The fourth-order valence-corrected chi connectivity index (χ4v) is 3.43. The average Bonchev–Trinajstić information content (AvgIpc) is 3.24. The predicted octanol–water partition coefficient (Wildman–Crippen LogP) is 1.33. The number of carbonyl (C=O) groups is 3. The van der Waals surface area contributed by atoms with Crippen molar-refractivity contribution in [2.75, 3.05) is 13.1 Å². The lowest BCUT2D eigenvalue weighted by Crippen LogP contribution is -2.41. The van der Waals surface area contributed by atoms with Crippen LogP contribution in [0.2, 0.25) is 0 Å². The van der Waals surface area contributed by atoms with Gasteiger partial charge in [-0.1, -0.05) is 16.9 Å². The molecule has 0 bridgehead atoms. The van der Waals surface area contributed by atoms with Crippen molar-refractivity contribution < 1.29 is 14.4 Å². The van der Waals surface area contributed by atoms with E-state index in [0.717, 1.165) is 24.2 Å². The van der Waals surface area contributed by atoms with Crippen molar-refractivity contribution in [2.24, 2.45) is 0 Å². The molecule has 1 aliphatic carbocycles. The van der Waals surface area contributed by atoms with Gasteiger partial charge in [-0.25, -0.2) is 9.48 Å². The standard InChI is InChI=1S/C19H28N6O3/c1-13(2)25-11-15(22-23-25)10-16-18(27)24(19(28)21-16)12-17(26)20-9-8-14-6-4-3-5-7-14/h6,11,13,16H,3-5,7-10,12H2,1-2H3,(H,20,26)(H,21,28)/t16-/m0/s1. The number of hydrogen-bond donors (Lipinski definition) is 2. The van der Waals surface area contributed by atoms with Crippen molar-refractivity contribution in [3.05, 3.63) is 23.5 Å². The molecule has 0 radical (unpaired) electrons. The van der Waals surface area contributed by atoms with Crippen LogP contribution >= 0.6 is 0 Å². The number of amides is 4. The summed E-state index contributed by atoms with van der Waals surface area (Å²) in [6.07, 6.45) is 9.71. The van der Waals surface area contributed by atoms with E-state index in [2.05, 4.69) is 27.0 Å². The Balaban J connectivity index is 1.47. The van der Waals surface area contributed by atoms with Gasteiger partial charge in [0.15, 0.2) is 0 Å². The number of urea groups is 1. The van der Waals surface area contributed by atoms with E-state index in [1.165, 1.54) is 18.4 Å². The van der Waals surface area contributed by atoms with Crippen molar-refractivity contribution in [2.45, 2.75) is 64.5 Å². The van der Waals surface area contributed by atoms with Gasteiger partial charge in [0.1, 0.15) is 12.6 Å². The van der Waals surface area contributed by atoms with Crippen molar-refractivity contribution >= 4 is 17.8 Å². The second kappa shape index (κ2) is 8.99. The number of allylic oxidation sites excluding steroid dienone is 1. The molecule has 9 nitrogen and oxygen atoms in total. The maximum Gasteiger partial charge on any atom is 0.325 e. The Morgan fingerprint density at radius 2 is 2.18 bits per heavy atom. The molecule has 0 unspecified atom stereocenters. The summed E-state index contributed by atoms with van der Waals surface area (Å²) < 4.78 is 1.70. The monoisotopic (exact) mass is 388 g/mol. The smallest absolute Gasteiger partial charge is 0.325 e. The van der Waals surface area contributed by atoms with Gasteiger partial charge in [0.05, 0.1) is 5.69 Å². The van der Waals surface area contributed by atoms with E-state index in [0.29, 0.717) is 12.2 Å². The molecule has 3 rings (SSSR count). The molecule has 9 heteroatoms. The quantitative estimate of drug-likeness (QED) is 0.516. The Morgan fingerprint density at radius 1 is 1.36 bits per heavy atom. The van der Waals surface area contributed by atoms with Crippen molar-refractivity contribution in [3.8, 4) is 0 Å². The highest BCUT2D eigenvalue weighted by atomic mass is 16.2. The zero-order valence-corrected chi connectivity index (χ0v) is 16.5. The van der Waals surface area contributed by atoms with Crippen LogP contribution in [-0.4, -0.2) is 56.9 Å². The molecule has 28 heavy (non-hydrogen) atoms. The third-order valence-electron chi connectivity index (χ3n) is 5.06. The molecule has 152 valence electrons. The Morgan fingerprint density at radius 3 is 2.86 bits per heavy atom. The molecular formula is C19H28N6O3. The van der Waals surface area contributed by atoms with Crippen LogP contribution in [0.3, 0.4) is 0 Å². The van der Waals surface area contributed by atoms with E-state index in [1.54, 1.807) is 10.9 Å². The molecule has 1 saturated heterocycles. The number of hydrogen-bond acceptors (Lipinski definition) is 5. The first-order valence-electron chi connectivity index (χ1n) is 9.91. The Labute approximate surface area is 164 Å². The SMILES string of the molecule is CC(C)n1cc(C[C@@H]2NC(=O)N(CC(=O)NCCC3=CCCCC3)C2=O)nn1. The maximum atomic E-state index is 12.5. The fourth-order valence-electron chi connectivity index (χ4n) is 3.43. The van der Waals surface area contributed by atoms with E-state index in [1.807, 2.05) is 13.8 Å². The second-order valence-electron chi connectivity index (χ2n) is 7.62. The van der Waals surface area contributed by atoms with Crippen molar-refractivity contribution in [3.63, 3.8) is 0 Å². The topological polar surface area (TPSA) is 109 Å². The van der Waals surface area contributed by atoms with Crippen LogP contribution in [-0.2, 0) is 16.0 Å². The molecule has 2 aliphatic rings. The van der Waals surface area contributed by atoms with Gasteiger partial charge in [0, 0.05) is 25.2 Å². The molecule has 1 aromatic rings. The van der Waals surface area contributed by atoms with Crippen LogP contribution in [0, 0.1) is 0 Å². The highest BCUT2D eigenvalue weighted by Gasteiger charge is 2.39. The molecule has 4 amide bonds. The van der Waals surface area contributed by atoms with Crippen LogP contribution in [0.5, 0.6) is 0 Å². The van der Waals surface area contributed by atoms with Gasteiger partial charge in [-0.05, 0) is 46.0 Å². The van der Waals surface area contributed by atoms with E-state index < -0.39 is 18.0 Å². The Kier molecular flexibility index (Phi) is 6.43. The summed E-state index contributed by atoms with van der Waals surface area (Å²) in [5.74, 6) is -0.736. The summed E-state index contributed by atoms with van der Waals surface area (Å²) >= 11 is 0. The largest absolute Gasteiger partial charge is 0.354 e. The van der Waals surface area contributed by atoms with Crippen LogP contribution in [0.15, 0.2) is 17.8 Å². The average molecular weight is 388 g/mol. The minimum Gasteiger partial charge on any atom is -0.354 e. The highest BCUT2D eigenvalue weighted by molar-refractivity contribution is 6.06. The molecule has 1 aliphatic heterocycles. The van der Waals surface area contributed by atoms with Gasteiger partial charge in [-0.2, -0.15) is 0 Å². The van der Waals surface area contributed by atoms with E-state index in [4.69, 9.17) is 0 Å². The number of carbonyl (C=O) groups excluding carboxylic acids is 3. The van der Waals surface area contributed by atoms with Crippen LogP contribution in [0.4, 0.5) is 4.79 Å². The summed E-state index contributed by atoms with van der Waals surface area (Å²) in [5.41, 5.74) is 2.00. The first-order chi connectivity index (χ1) is 13.4. The third kappa shape index (κ3) is 4.96. The maximum absolute atomic E-state index is 12.5. The summed E-state index contributed by atoms with van der Waals surface area (Å²) in [5, 5.41) is 13.5. The molecule has 1 fully saturated rings. The van der Waals surface area contributed by atoms with Gasteiger partial charge in [-0.15, -0.1) is 5.10 Å². The van der Waals surface area contributed by atoms with Gasteiger partial charge >= 0.3 is 6.03 Å². The number of nitrogens with one attached hydrogen (secondary N) is 2. The van der Waals surface area contributed by atoms with Crippen LogP contribution in [0.25, 0.3) is 0 Å². The third-order valence-corrected chi connectivity index (χ3v) is 5.06. The fraction of sp³-hybridized carbons (Fsp3) is 0.632. The minimum absolute atomic E-state index is 0.166. The zero-order valence-electron chi connectivity index (χ0n) is 16.5. The van der Waals surface area contributed by atoms with E-state index in [-0.39, 0.29) is 24.9 Å². The highest BCUT2D eigenvalue weighted by Crippen LogP contribution is 2.19. The summed E-state index contributed by atoms with van der Waals surface area (Å²) in [7, 11) is 0. The molecule has 1 atom stereocenters. The first-order valence-corrected chi connectivity index (χ1v) is 9.91. The summed E-state index contributed by atoms with van der Waals surface area (Å²) in [6, 6.07) is -1.10. The molecule has 0 aromatic carbocycles. The number of nitrogens with zero attached hydrogens (tertiary/aromatic N) is 4. The van der Waals surface area contributed by atoms with E-state index >= 15 is 0 Å². The van der Waals surface area contributed by atoms with Gasteiger partial charge in [-0.3, -0.25) is 14.5 Å². The van der Waals surface area contributed by atoms with Crippen molar-refractivity contribution in [1.29, 1.82) is 0 Å². The lowest BCUT2D eigenvalue weighted by Gasteiger charge is -2.15. The van der Waals surface area contributed by atoms with Crippen LogP contribution < -0.4 is 10.6 Å². The molecule has 2 N–H and O–H groups in total. The number of aromatic nitrogens is 3. The summed E-state index contributed by atoms with van der Waals surface area (Å²) in [4.78, 5) is 37.7. The molecule has 0 saturated carbocycles. The normalized spacial score (nSPS) is 19.8. The van der Waals surface area contributed by atoms with Gasteiger partial charge in [0.25, 0.3) is 5.91 Å². The summed E-state index contributed by atoms with van der Waals surface area (Å²) in [6.45, 7) is 4.22. The predicted molar refractivity (Wildman–Crippen MR) is 102 cm³/mol. The minimum atomic E-state index is -0.718. The van der Waals surface area contributed by atoms with Gasteiger partial charge < -0.3 is 10.6 Å². The second-order valence-corrected chi connectivity index (χ2v) is 7.62. The zero-order chi connectivity index (χ0) is 20.1. The first kappa shape index (κ1) is 20.0. The molecular weight excluding hydrogens is 360 g/mol. The lowest BCUT2D eigenvalue weighted by atomic mass is 9.97. The lowest BCUT2D eigenvalue weighted by molar-refractivity contribution is -0.132. The Bertz CT molecular complexity index is 769. The van der Waals surface area contributed by atoms with Crippen molar-refractivity contribution in [1.82, 2.24) is 30.5 Å². The molecule has 2 heterocycles.